The molecular weight excluding hydrogens is 298 g/mol. The van der Waals surface area contributed by atoms with Crippen molar-refractivity contribution in [1.29, 1.82) is 0 Å². The Labute approximate surface area is 136 Å². The number of halogens is 1. The van der Waals surface area contributed by atoms with Crippen molar-refractivity contribution >= 4 is 17.5 Å². The smallest absolute Gasteiger partial charge is 0.261 e. The summed E-state index contributed by atoms with van der Waals surface area (Å²) in [5.41, 5.74) is 3.48. The van der Waals surface area contributed by atoms with Gasteiger partial charge in [0, 0.05) is 6.54 Å². The van der Waals surface area contributed by atoms with Gasteiger partial charge in [-0.2, -0.15) is 0 Å². The third-order valence-electron chi connectivity index (χ3n) is 3.46. The van der Waals surface area contributed by atoms with Crippen molar-refractivity contribution in [2.75, 3.05) is 0 Å². The summed E-state index contributed by atoms with van der Waals surface area (Å²) in [6, 6.07) is 13.3. The van der Waals surface area contributed by atoms with Gasteiger partial charge in [0.15, 0.2) is 6.10 Å². The molecule has 0 spiro atoms. The minimum Gasteiger partial charge on any atom is -0.479 e. The highest BCUT2D eigenvalue weighted by Gasteiger charge is 2.15. The average molecular weight is 318 g/mol. The van der Waals surface area contributed by atoms with Crippen molar-refractivity contribution < 1.29 is 9.53 Å². The molecule has 1 amide bonds. The number of para-hydroxylation sites is 1. The third kappa shape index (κ3) is 4.25. The van der Waals surface area contributed by atoms with E-state index in [2.05, 4.69) is 18.3 Å². The summed E-state index contributed by atoms with van der Waals surface area (Å²) >= 11 is 6.02. The van der Waals surface area contributed by atoms with E-state index in [-0.39, 0.29) is 5.91 Å². The van der Waals surface area contributed by atoms with Crippen molar-refractivity contribution in [2.45, 2.75) is 33.4 Å². The predicted molar refractivity (Wildman–Crippen MR) is 89.3 cm³/mol. The van der Waals surface area contributed by atoms with Crippen LogP contribution in [0.15, 0.2) is 42.5 Å². The lowest BCUT2D eigenvalue weighted by Crippen LogP contribution is -2.36. The molecule has 4 heteroatoms. The van der Waals surface area contributed by atoms with Crippen molar-refractivity contribution in [1.82, 2.24) is 5.32 Å². The van der Waals surface area contributed by atoms with Crippen LogP contribution in [0.3, 0.4) is 0 Å². The van der Waals surface area contributed by atoms with Gasteiger partial charge < -0.3 is 10.1 Å². The maximum Gasteiger partial charge on any atom is 0.261 e. The number of amides is 1. The Hall–Kier alpha value is -2.00. The number of nitrogens with one attached hydrogen (secondary N) is 1. The van der Waals surface area contributed by atoms with Crippen LogP contribution >= 0.6 is 11.6 Å². The van der Waals surface area contributed by atoms with E-state index in [1.165, 1.54) is 11.1 Å². The number of aryl methyl sites for hydroxylation is 2. The Kier molecular flexibility index (Phi) is 5.45. The number of ether oxygens (including phenoxy) is 1. The Morgan fingerprint density at radius 2 is 1.95 bits per heavy atom. The van der Waals surface area contributed by atoms with Crippen molar-refractivity contribution in [3.8, 4) is 5.75 Å². The highest BCUT2D eigenvalue weighted by molar-refractivity contribution is 6.32. The number of carbonyl (C=O) groups excluding carboxylic acids is 1. The van der Waals surface area contributed by atoms with E-state index < -0.39 is 6.10 Å². The monoisotopic (exact) mass is 317 g/mol. The van der Waals surface area contributed by atoms with E-state index >= 15 is 0 Å². The van der Waals surface area contributed by atoms with Gasteiger partial charge in [-0.3, -0.25) is 4.79 Å². The highest BCUT2D eigenvalue weighted by atomic mass is 35.5. The van der Waals surface area contributed by atoms with Crippen LogP contribution in [0.1, 0.15) is 23.6 Å². The van der Waals surface area contributed by atoms with Crippen molar-refractivity contribution in [3.63, 3.8) is 0 Å². The minimum absolute atomic E-state index is 0.167. The Balaban J connectivity index is 1.93. The molecule has 3 nitrogen and oxygen atoms in total. The molecule has 0 heterocycles. The summed E-state index contributed by atoms with van der Waals surface area (Å²) in [7, 11) is 0. The van der Waals surface area contributed by atoms with Crippen LogP contribution < -0.4 is 10.1 Å². The predicted octanol–water partition coefficient (Wildman–Crippen LogP) is 4.04. The molecule has 2 aromatic carbocycles. The summed E-state index contributed by atoms with van der Waals surface area (Å²) in [6.45, 7) is 6.29. The first-order valence-electron chi connectivity index (χ1n) is 7.22. The number of carbonyl (C=O) groups is 1. The second-order valence-corrected chi connectivity index (χ2v) is 5.75. The van der Waals surface area contributed by atoms with Gasteiger partial charge in [-0.1, -0.05) is 47.5 Å². The van der Waals surface area contributed by atoms with Gasteiger partial charge in [-0.05, 0) is 44.0 Å². The molecule has 2 aromatic rings. The van der Waals surface area contributed by atoms with Crippen LogP contribution in [0.5, 0.6) is 5.75 Å². The SMILES string of the molecule is Cc1ccc(CNC(=O)C(C)Oc2ccccc2Cl)c(C)c1. The maximum absolute atomic E-state index is 12.1. The average Bonchev–Trinajstić information content (AvgIpc) is 2.48. The first-order chi connectivity index (χ1) is 10.5. The molecule has 0 aliphatic heterocycles. The molecule has 1 atom stereocenters. The molecule has 0 radical (unpaired) electrons. The minimum atomic E-state index is -0.606. The first kappa shape index (κ1) is 16.4. The van der Waals surface area contributed by atoms with Gasteiger partial charge in [0.25, 0.3) is 5.91 Å². The molecule has 0 fully saturated rings. The maximum atomic E-state index is 12.1. The fourth-order valence-electron chi connectivity index (χ4n) is 2.15. The topological polar surface area (TPSA) is 38.3 Å². The molecule has 0 aromatic heterocycles. The highest BCUT2D eigenvalue weighted by Crippen LogP contribution is 2.24. The van der Waals surface area contributed by atoms with Crippen LogP contribution in [-0.2, 0) is 11.3 Å². The van der Waals surface area contributed by atoms with Gasteiger partial charge >= 0.3 is 0 Å². The molecular formula is C18H20ClNO2. The standard InChI is InChI=1S/C18H20ClNO2/c1-12-8-9-15(13(2)10-12)11-20-18(21)14(3)22-17-7-5-4-6-16(17)19/h4-10,14H,11H2,1-3H3,(H,20,21). The lowest BCUT2D eigenvalue weighted by molar-refractivity contribution is -0.127. The van der Waals surface area contributed by atoms with Gasteiger partial charge in [-0.25, -0.2) is 0 Å². The number of benzene rings is 2. The van der Waals surface area contributed by atoms with E-state index in [4.69, 9.17) is 16.3 Å². The van der Waals surface area contributed by atoms with E-state index in [9.17, 15) is 4.79 Å². The molecule has 1 unspecified atom stereocenters. The molecule has 22 heavy (non-hydrogen) atoms. The largest absolute Gasteiger partial charge is 0.479 e. The second-order valence-electron chi connectivity index (χ2n) is 5.34. The van der Waals surface area contributed by atoms with Gasteiger partial charge in [0.2, 0.25) is 0 Å². The normalized spacial score (nSPS) is 11.8. The fraction of sp³-hybridized carbons (Fsp3) is 0.278. The van der Waals surface area contributed by atoms with E-state index in [0.717, 1.165) is 5.56 Å². The Morgan fingerprint density at radius 1 is 1.23 bits per heavy atom. The lowest BCUT2D eigenvalue weighted by atomic mass is 10.1. The fourth-order valence-corrected chi connectivity index (χ4v) is 2.33. The van der Waals surface area contributed by atoms with Gasteiger partial charge in [0.1, 0.15) is 5.75 Å². The first-order valence-corrected chi connectivity index (χ1v) is 7.60. The van der Waals surface area contributed by atoms with E-state index in [1.807, 2.05) is 31.2 Å². The molecule has 0 aliphatic rings. The summed E-state index contributed by atoms with van der Waals surface area (Å²) in [6.07, 6.45) is -0.606. The van der Waals surface area contributed by atoms with Crippen LogP contribution in [0.4, 0.5) is 0 Å². The quantitative estimate of drug-likeness (QED) is 0.903. The zero-order valence-electron chi connectivity index (χ0n) is 13.0. The molecule has 1 N–H and O–H groups in total. The van der Waals surface area contributed by atoms with Crippen LogP contribution in [0.25, 0.3) is 0 Å². The number of hydrogen-bond donors (Lipinski definition) is 1. The Bertz CT molecular complexity index is 670. The molecule has 116 valence electrons. The molecule has 0 aliphatic carbocycles. The summed E-state index contributed by atoms with van der Waals surface area (Å²) in [5, 5.41) is 3.39. The second kappa shape index (κ2) is 7.32. The number of hydrogen-bond acceptors (Lipinski definition) is 2. The van der Waals surface area contributed by atoms with E-state index in [0.29, 0.717) is 17.3 Å². The van der Waals surface area contributed by atoms with Crippen LogP contribution in [0.2, 0.25) is 5.02 Å². The molecule has 0 bridgehead atoms. The zero-order chi connectivity index (χ0) is 16.1. The third-order valence-corrected chi connectivity index (χ3v) is 3.77. The molecule has 0 saturated heterocycles. The molecule has 2 rings (SSSR count). The summed E-state index contributed by atoms with van der Waals surface area (Å²) in [5.74, 6) is 0.346. The van der Waals surface area contributed by atoms with Crippen molar-refractivity contribution in [3.05, 3.63) is 64.2 Å². The molecule has 0 saturated carbocycles. The van der Waals surface area contributed by atoms with Gasteiger partial charge in [0.05, 0.1) is 5.02 Å². The van der Waals surface area contributed by atoms with Crippen LogP contribution in [-0.4, -0.2) is 12.0 Å². The lowest BCUT2D eigenvalue weighted by Gasteiger charge is -2.16. The number of rotatable bonds is 5. The van der Waals surface area contributed by atoms with E-state index in [1.54, 1.807) is 19.1 Å². The van der Waals surface area contributed by atoms with Crippen LogP contribution in [0, 0.1) is 13.8 Å². The van der Waals surface area contributed by atoms with Crippen molar-refractivity contribution in [2.24, 2.45) is 0 Å². The summed E-state index contributed by atoms with van der Waals surface area (Å²) < 4.78 is 5.60. The zero-order valence-corrected chi connectivity index (χ0v) is 13.8. The Morgan fingerprint density at radius 3 is 2.64 bits per heavy atom. The van der Waals surface area contributed by atoms with Gasteiger partial charge in [-0.15, -0.1) is 0 Å². The summed E-state index contributed by atoms with van der Waals surface area (Å²) in [4.78, 5) is 12.1.